The Morgan fingerprint density at radius 3 is 2.32 bits per heavy atom. The van der Waals surface area contributed by atoms with Gasteiger partial charge in [0.2, 0.25) is 0 Å². The Morgan fingerprint density at radius 1 is 0.935 bits per heavy atom. The molecule has 2 heterocycles. The van der Waals surface area contributed by atoms with Crippen LogP contribution in [0.4, 0.5) is 0 Å². The van der Waals surface area contributed by atoms with Gasteiger partial charge in [0, 0.05) is 43.3 Å². The molecule has 6 nitrogen and oxygen atoms in total. The quantitative estimate of drug-likeness (QED) is 0.469. The van der Waals surface area contributed by atoms with Crippen molar-refractivity contribution in [2.75, 3.05) is 14.2 Å². The van der Waals surface area contributed by atoms with Crippen LogP contribution in [0.5, 0.6) is 5.75 Å². The Balaban J connectivity index is 1.72. The molecule has 0 radical (unpaired) electrons. The number of hydrogen-bond donors (Lipinski definition) is 0. The van der Waals surface area contributed by atoms with Crippen LogP contribution in [0.3, 0.4) is 0 Å². The van der Waals surface area contributed by atoms with Crippen molar-refractivity contribution in [2.24, 2.45) is 0 Å². The van der Waals surface area contributed by atoms with Gasteiger partial charge in [0.25, 0.3) is 5.91 Å². The number of carbonyl (C=O) groups excluding carboxylic acids is 1. The smallest absolute Gasteiger partial charge is 0.257 e. The van der Waals surface area contributed by atoms with Crippen LogP contribution >= 0.6 is 0 Å². The maximum atomic E-state index is 13.3. The highest BCUT2D eigenvalue weighted by Gasteiger charge is 2.20. The molecule has 0 aliphatic heterocycles. The largest absolute Gasteiger partial charge is 0.497 e. The molecule has 154 valence electrons. The predicted octanol–water partition coefficient (Wildman–Crippen LogP) is 4.49. The Kier molecular flexibility index (Phi) is 5.98. The van der Waals surface area contributed by atoms with Crippen LogP contribution in [0, 0.1) is 0 Å². The van der Waals surface area contributed by atoms with Gasteiger partial charge in [0.15, 0.2) is 5.82 Å². The van der Waals surface area contributed by atoms with Crippen molar-refractivity contribution in [1.82, 2.24) is 19.9 Å². The average molecular weight is 410 g/mol. The van der Waals surface area contributed by atoms with Gasteiger partial charge >= 0.3 is 0 Å². The number of aromatic nitrogens is 3. The summed E-state index contributed by atoms with van der Waals surface area (Å²) >= 11 is 0. The van der Waals surface area contributed by atoms with Crippen molar-refractivity contribution >= 4 is 5.91 Å². The highest BCUT2D eigenvalue weighted by molar-refractivity contribution is 5.99. The monoisotopic (exact) mass is 410 g/mol. The van der Waals surface area contributed by atoms with Crippen LogP contribution in [0.25, 0.3) is 22.6 Å². The molecule has 4 rings (SSSR count). The molecule has 2 aromatic heterocycles. The summed E-state index contributed by atoms with van der Waals surface area (Å²) < 4.78 is 5.23. The van der Waals surface area contributed by atoms with E-state index in [-0.39, 0.29) is 5.91 Å². The van der Waals surface area contributed by atoms with Crippen LogP contribution in [0.15, 0.2) is 85.3 Å². The number of ether oxygens (including phenoxy) is 1. The number of amides is 1. The fraction of sp³-hybridized carbons (Fsp3) is 0.120. The van der Waals surface area contributed by atoms with Gasteiger partial charge in [-0.05, 0) is 42.0 Å². The molecule has 0 unspecified atom stereocenters. The maximum absolute atomic E-state index is 13.3. The first-order valence-electron chi connectivity index (χ1n) is 9.87. The summed E-state index contributed by atoms with van der Waals surface area (Å²) in [5.41, 5.74) is 3.73. The Bertz CT molecular complexity index is 1160. The molecule has 0 aliphatic rings. The molecular weight excluding hydrogens is 388 g/mol. The van der Waals surface area contributed by atoms with Gasteiger partial charge in [-0.25, -0.2) is 9.97 Å². The predicted molar refractivity (Wildman–Crippen MR) is 119 cm³/mol. The van der Waals surface area contributed by atoms with Gasteiger partial charge in [-0.2, -0.15) is 0 Å². The Labute approximate surface area is 181 Å². The van der Waals surface area contributed by atoms with E-state index in [1.54, 1.807) is 37.6 Å². The van der Waals surface area contributed by atoms with Crippen molar-refractivity contribution < 1.29 is 9.53 Å². The Hall–Kier alpha value is -4.06. The fourth-order valence-electron chi connectivity index (χ4n) is 3.28. The molecule has 0 fully saturated rings. The standard InChI is InChI=1S/C25H22N4O2/c1-29(17-18-6-4-3-5-7-18)25(30)22-16-27-24(20-8-10-21(31-2)11-9-20)28-23(22)19-12-14-26-15-13-19/h3-16H,17H2,1-2H3. The molecule has 31 heavy (non-hydrogen) atoms. The van der Waals surface area contributed by atoms with Gasteiger partial charge in [0.1, 0.15) is 5.75 Å². The first-order chi connectivity index (χ1) is 15.2. The summed E-state index contributed by atoms with van der Waals surface area (Å²) in [6.07, 6.45) is 4.98. The van der Waals surface area contributed by atoms with E-state index in [9.17, 15) is 4.79 Å². The molecule has 0 bridgehead atoms. The molecule has 0 atom stereocenters. The normalized spacial score (nSPS) is 10.5. The first kappa shape index (κ1) is 20.2. The SMILES string of the molecule is COc1ccc(-c2ncc(C(=O)N(C)Cc3ccccc3)c(-c3ccncc3)n2)cc1. The Morgan fingerprint density at radius 2 is 1.65 bits per heavy atom. The number of carbonyl (C=O) groups is 1. The molecule has 0 aliphatic carbocycles. The molecule has 4 aromatic rings. The number of methoxy groups -OCH3 is 1. The van der Waals surface area contributed by atoms with Crippen molar-refractivity contribution in [3.63, 3.8) is 0 Å². The zero-order valence-corrected chi connectivity index (χ0v) is 17.4. The fourth-order valence-corrected chi connectivity index (χ4v) is 3.28. The zero-order chi connectivity index (χ0) is 21.6. The lowest BCUT2D eigenvalue weighted by molar-refractivity contribution is 0.0785. The van der Waals surface area contributed by atoms with Gasteiger partial charge in [-0.1, -0.05) is 30.3 Å². The molecule has 2 aromatic carbocycles. The van der Waals surface area contributed by atoms with E-state index in [0.717, 1.165) is 22.4 Å². The lowest BCUT2D eigenvalue weighted by Gasteiger charge is -2.19. The van der Waals surface area contributed by atoms with E-state index in [4.69, 9.17) is 9.72 Å². The summed E-state index contributed by atoms with van der Waals surface area (Å²) in [4.78, 5) is 28.3. The van der Waals surface area contributed by atoms with Crippen molar-refractivity contribution in [1.29, 1.82) is 0 Å². The summed E-state index contributed by atoms with van der Waals surface area (Å²) in [6.45, 7) is 0.496. The van der Waals surface area contributed by atoms with Crippen LogP contribution in [-0.4, -0.2) is 39.9 Å². The maximum Gasteiger partial charge on any atom is 0.257 e. The van der Waals surface area contributed by atoms with Gasteiger partial charge < -0.3 is 9.64 Å². The minimum Gasteiger partial charge on any atom is -0.497 e. The van der Waals surface area contributed by atoms with Gasteiger partial charge in [0.05, 0.1) is 18.4 Å². The number of benzene rings is 2. The van der Waals surface area contributed by atoms with Crippen LogP contribution in [-0.2, 0) is 6.54 Å². The summed E-state index contributed by atoms with van der Waals surface area (Å²) in [5.74, 6) is 1.15. The van der Waals surface area contributed by atoms with Crippen molar-refractivity contribution in [3.8, 4) is 28.4 Å². The molecular formula is C25H22N4O2. The topological polar surface area (TPSA) is 68.2 Å². The molecule has 0 saturated heterocycles. The molecule has 0 spiro atoms. The summed E-state index contributed by atoms with van der Waals surface area (Å²) in [7, 11) is 3.41. The second-order valence-corrected chi connectivity index (χ2v) is 7.07. The van der Waals surface area contributed by atoms with E-state index < -0.39 is 0 Å². The lowest BCUT2D eigenvalue weighted by atomic mass is 10.1. The molecule has 6 heteroatoms. The molecule has 1 amide bonds. The van der Waals surface area contributed by atoms with E-state index in [0.29, 0.717) is 23.6 Å². The first-order valence-corrected chi connectivity index (χ1v) is 9.87. The van der Waals surface area contributed by atoms with E-state index in [1.165, 1.54) is 0 Å². The minimum atomic E-state index is -0.142. The number of hydrogen-bond acceptors (Lipinski definition) is 5. The number of rotatable bonds is 6. The summed E-state index contributed by atoms with van der Waals surface area (Å²) in [6, 6.07) is 21.1. The molecule has 0 N–H and O–H groups in total. The second-order valence-electron chi connectivity index (χ2n) is 7.07. The average Bonchev–Trinajstić information content (AvgIpc) is 2.84. The van der Waals surface area contributed by atoms with Gasteiger partial charge in [-0.15, -0.1) is 0 Å². The molecule has 0 saturated carbocycles. The third kappa shape index (κ3) is 4.59. The number of pyridine rings is 1. The number of nitrogens with zero attached hydrogens (tertiary/aromatic N) is 4. The van der Waals surface area contributed by atoms with E-state index in [1.807, 2.05) is 66.7 Å². The lowest BCUT2D eigenvalue weighted by Crippen LogP contribution is -2.27. The van der Waals surface area contributed by atoms with Gasteiger partial charge in [-0.3, -0.25) is 9.78 Å². The summed E-state index contributed by atoms with van der Waals surface area (Å²) in [5, 5.41) is 0. The highest BCUT2D eigenvalue weighted by atomic mass is 16.5. The van der Waals surface area contributed by atoms with E-state index >= 15 is 0 Å². The second kappa shape index (κ2) is 9.17. The third-order valence-corrected chi connectivity index (χ3v) is 4.93. The van der Waals surface area contributed by atoms with Crippen LogP contribution < -0.4 is 4.74 Å². The zero-order valence-electron chi connectivity index (χ0n) is 17.4. The van der Waals surface area contributed by atoms with Crippen molar-refractivity contribution in [3.05, 3.63) is 96.4 Å². The highest BCUT2D eigenvalue weighted by Crippen LogP contribution is 2.26. The van der Waals surface area contributed by atoms with E-state index in [2.05, 4.69) is 9.97 Å². The minimum absolute atomic E-state index is 0.142. The van der Waals surface area contributed by atoms with Crippen LogP contribution in [0.2, 0.25) is 0 Å². The van der Waals surface area contributed by atoms with Crippen LogP contribution in [0.1, 0.15) is 15.9 Å². The third-order valence-electron chi connectivity index (χ3n) is 4.93. The van der Waals surface area contributed by atoms with Crippen molar-refractivity contribution in [2.45, 2.75) is 6.54 Å².